The van der Waals surface area contributed by atoms with Crippen molar-refractivity contribution in [2.24, 2.45) is 0 Å². The molecule has 3 aliphatic rings. The van der Waals surface area contributed by atoms with E-state index in [1.165, 1.54) is 17.0 Å². The average molecular weight is 568 g/mol. The number of nitrogens with one attached hydrogen (secondary N) is 2. The molecule has 0 aliphatic carbocycles. The summed E-state index contributed by atoms with van der Waals surface area (Å²) < 4.78 is 23.5. The highest BCUT2D eigenvalue weighted by Crippen LogP contribution is 2.31. The van der Waals surface area contributed by atoms with Crippen LogP contribution >= 0.6 is 0 Å². The fourth-order valence-corrected chi connectivity index (χ4v) is 6.45. The number of benzene rings is 2. The van der Waals surface area contributed by atoms with Gasteiger partial charge in [-0.3, -0.25) is 9.69 Å². The molecule has 10 nitrogen and oxygen atoms in total. The lowest BCUT2D eigenvalue weighted by atomic mass is 9.87. The van der Waals surface area contributed by atoms with Crippen molar-refractivity contribution in [2.75, 3.05) is 39.0 Å². The van der Waals surface area contributed by atoms with Gasteiger partial charge >= 0.3 is 12.1 Å². The predicted octanol–water partition coefficient (Wildman–Crippen LogP) is 2.91. The van der Waals surface area contributed by atoms with E-state index in [0.717, 1.165) is 50.7 Å². The Balaban J connectivity index is 1.17. The molecule has 3 fully saturated rings. The fraction of sp³-hybridized carbons (Fsp3) is 0.483. The SMILES string of the molecule is CS(=O)(=O)c1ccc(CN2C(=O)NC3(CCN(CC[C@H](NC(=O)N4CCCC4)c4ccccc4)CC3)C2=O)cc1. The molecule has 3 aliphatic heterocycles. The maximum absolute atomic E-state index is 13.4. The maximum Gasteiger partial charge on any atom is 0.325 e. The van der Waals surface area contributed by atoms with Gasteiger partial charge in [0.15, 0.2) is 9.84 Å². The van der Waals surface area contributed by atoms with Gasteiger partial charge in [0.1, 0.15) is 5.54 Å². The van der Waals surface area contributed by atoms with Crippen molar-refractivity contribution in [3.8, 4) is 0 Å². The molecule has 3 heterocycles. The van der Waals surface area contributed by atoms with Gasteiger partial charge in [0.25, 0.3) is 5.91 Å². The number of imide groups is 1. The minimum atomic E-state index is -3.32. The van der Waals surface area contributed by atoms with Gasteiger partial charge in [0, 0.05) is 39.0 Å². The van der Waals surface area contributed by atoms with Crippen molar-refractivity contribution in [1.29, 1.82) is 0 Å². The molecular weight excluding hydrogens is 530 g/mol. The van der Waals surface area contributed by atoms with E-state index in [4.69, 9.17) is 0 Å². The number of piperidine rings is 1. The summed E-state index contributed by atoms with van der Waals surface area (Å²) in [5.74, 6) is -0.232. The molecule has 5 rings (SSSR count). The molecule has 0 saturated carbocycles. The van der Waals surface area contributed by atoms with Gasteiger partial charge in [0.05, 0.1) is 17.5 Å². The highest BCUT2D eigenvalue weighted by atomic mass is 32.2. The molecule has 0 bridgehead atoms. The van der Waals surface area contributed by atoms with Gasteiger partial charge in [-0.25, -0.2) is 18.0 Å². The molecular formula is C29H37N5O5S. The molecule has 1 spiro atoms. The molecule has 40 heavy (non-hydrogen) atoms. The van der Waals surface area contributed by atoms with Crippen molar-refractivity contribution in [2.45, 2.75) is 55.1 Å². The third-order valence-electron chi connectivity index (χ3n) is 8.27. The van der Waals surface area contributed by atoms with Gasteiger partial charge in [-0.15, -0.1) is 0 Å². The van der Waals surface area contributed by atoms with E-state index in [1.807, 2.05) is 35.2 Å². The van der Waals surface area contributed by atoms with E-state index in [9.17, 15) is 22.8 Å². The molecule has 5 amide bonds. The van der Waals surface area contributed by atoms with E-state index < -0.39 is 21.4 Å². The summed E-state index contributed by atoms with van der Waals surface area (Å²) in [5, 5.41) is 6.17. The summed E-state index contributed by atoms with van der Waals surface area (Å²) in [7, 11) is -3.32. The molecule has 1 atom stereocenters. The summed E-state index contributed by atoms with van der Waals surface area (Å²) >= 11 is 0. The lowest BCUT2D eigenvalue weighted by molar-refractivity contribution is -0.133. The monoisotopic (exact) mass is 567 g/mol. The van der Waals surface area contributed by atoms with Crippen LogP contribution in [0.2, 0.25) is 0 Å². The zero-order chi connectivity index (χ0) is 28.3. The van der Waals surface area contributed by atoms with Crippen molar-refractivity contribution < 1.29 is 22.8 Å². The maximum atomic E-state index is 13.4. The summed E-state index contributed by atoms with van der Waals surface area (Å²) in [6.07, 6.45) is 4.99. The van der Waals surface area contributed by atoms with E-state index >= 15 is 0 Å². The largest absolute Gasteiger partial charge is 0.331 e. The van der Waals surface area contributed by atoms with E-state index in [0.29, 0.717) is 31.5 Å². The minimum absolute atomic E-state index is 0.0192. The Bertz CT molecular complexity index is 1330. The average Bonchev–Trinajstić information content (AvgIpc) is 3.56. The van der Waals surface area contributed by atoms with Crippen LogP contribution in [-0.2, 0) is 21.2 Å². The molecule has 2 N–H and O–H groups in total. The van der Waals surface area contributed by atoms with Crippen molar-refractivity contribution >= 4 is 27.8 Å². The van der Waals surface area contributed by atoms with Crippen LogP contribution in [0.5, 0.6) is 0 Å². The van der Waals surface area contributed by atoms with Gasteiger partial charge in [0.2, 0.25) is 0 Å². The highest BCUT2D eigenvalue weighted by Gasteiger charge is 2.52. The topological polar surface area (TPSA) is 119 Å². The Hall–Kier alpha value is -3.44. The first-order valence-corrected chi connectivity index (χ1v) is 15.8. The highest BCUT2D eigenvalue weighted by molar-refractivity contribution is 7.90. The Labute approximate surface area is 235 Å². The van der Waals surface area contributed by atoms with Gasteiger partial charge in [-0.2, -0.15) is 0 Å². The molecule has 0 unspecified atom stereocenters. The number of amides is 5. The zero-order valence-electron chi connectivity index (χ0n) is 22.8. The second-order valence-electron chi connectivity index (χ2n) is 11.1. The number of sulfone groups is 1. The standard InChI is InChI=1S/C29H37N5O5S/c1-40(38,39)24-11-9-22(10-12-24)21-34-26(35)29(31-28(34)37)14-19-32(20-15-29)18-13-25(23-7-3-2-4-8-23)30-27(36)33-16-5-6-17-33/h2-4,7-12,25H,5-6,13-21H2,1H3,(H,30,36)(H,31,37)/t25-/m0/s1. The van der Waals surface area contributed by atoms with Crippen LogP contribution in [0.15, 0.2) is 59.5 Å². The van der Waals surface area contributed by atoms with Crippen LogP contribution in [0.3, 0.4) is 0 Å². The molecule has 214 valence electrons. The zero-order valence-corrected chi connectivity index (χ0v) is 23.7. The summed E-state index contributed by atoms with van der Waals surface area (Å²) in [5.41, 5.74) is 0.846. The molecule has 3 saturated heterocycles. The quantitative estimate of drug-likeness (QED) is 0.474. The van der Waals surface area contributed by atoms with Crippen LogP contribution < -0.4 is 10.6 Å². The lowest BCUT2D eigenvalue weighted by Crippen LogP contribution is -2.55. The first-order valence-electron chi connectivity index (χ1n) is 13.9. The van der Waals surface area contributed by atoms with Gasteiger partial charge < -0.3 is 20.4 Å². The van der Waals surface area contributed by atoms with Crippen LogP contribution in [0.4, 0.5) is 9.59 Å². The third-order valence-corrected chi connectivity index (χ3v) is 9.40. The van der Waals surface area contributed by atoms with Crippen LogP contribution in [0.1, 0.15) is 49.3 Å². The Morgan fingerprint density at radius 3 is 2.25 bits per heavy atom. The van der Waals surface area contributed by atoms with Crippen LogP contribution in [0, 0.1) is 0 Å². The first-order chi connectivity index (χ1) is 19.1. The lowest BCUT2D eigenvalue weighted by Gasteiger charge is -2.38. The first kappa shape index (κ1) is 28.1. The van der Waals surface area contributed by atoms with Crippen molar-refractivity contribution in [3.05, 3.63) is 65.7 Å². The summed E-state index contributed by atoms with van der Waals surface area (Å²) in [6.45, 7) is 3.76. The molecule has 2 aromatic rings. The molecule has 0 aromatic heterocycles. The number of hydrogen-bond acceptors (Lipinski definition) is 6. The van der Waals surface area contributed by atoms with Crippen molar-refractivity contribution in [1.82, 2.24) is 25.3 Å². The Kier molecular flexibility index (Phi) is 8.14. The minimum Gasteiger partial charge on any atom is -0.331 e. The molecule has 0 radical (unpaired) electrons. The number of urea groups is 2. The second-order valence-corrected chi connectivity index (χ2v) is 13.1. The van der Waals surface area contributed by atoms with Crippen LogP contribution in [0.25, 0.3) is 0 Å². The Morgan fingerprint density at radius 2 is 1.62 bits per heavy atom. The number of likely N-dealkylation sites (tertiary alicyclic amines) is 2. The van der Waals surface area contributed by atoms with Gasteiger partial charge in [-0.1, -0.05) is 42.5 Å². The van der Waals surface area contributed by atoms with Gasteiger partial charge in [-0.05, 0) is 55.4 Å². The van der Waals surface area contributed by atoms with Crippen LogP contribution in [-0.4, -0.2) is 85.6 Å². The van der Waals surface area contributed by atoms with E-state index in [1.54, 1.807) is 12.1 Å². The molecule has 2 aromatic carbocycles. The van der Waals surface area contributed by atoms with E-state index in [-0.39, 0.29) is 29.4 Å². The summed E-state index contributed by atoms with van der Waals surface area (Å²) in [6, 6.07) is 15.7. The fourth-order valence-electron chi connectivity index (χ4n) is 5.82. The predicted molar refractivity (Wildman–Crippen MR) is 150 cm³/mol. The summed E-state index contributed by atoms with van der Waals surface area (Å²) in [4.78, 5) is 44.6. The number of rotatable bonds is 8. The van der Waals surface area contributed by atoms with E-state index in [2.05, 4.69) is 15.5 Å². The third kappa shape index (κ3) is 6.15. The molecule has 11 heteroatoms. The Morgan fingerprint density at radius 1 is 0.975 bits per heavy atom. The number of hydrogen-bond donors (Lipinski definition) is 2. The number of carbonyl (C=O) groups is 3. The normalized spacial score (nSPS) is 20.1. The number of nitrogens with zero attached hydrogens (tertiary/aromatic N) is 3. The van der Waals surface area contributed by atoms with Crippen molar-refractivity contribution in [3.63, 3.8) is 0 Å². The second kappa shape index (κ2) is 11.6. The number of carbonyl (C=O) groups excluding carboxylic acids is 3. The smallest absolute Gasteiger partial charge is 0.325 e.